The van der Waals surface area contributed by atoms with Crippen LogP contribution in [0.15, 0.2) is 78.0 Å². The second-order valence-electron chi connectivity index (χ2n) is 16.9. The van der Waals surface area contributed by atoms with Crippen LogP contribution in [-0.4, -0.2) is 88.8 Å². The van der Waals surface area contributed by atoms with Crippen LogP contribution in [0.4, 0.5) is 23.2 Å². The Hall–Kier alpha value is -6.61. The van der Waals surface area contributed by atoms with Crippen molar-refractivity contribution in [3.05, 3.63) is 106 Å². The van der Waals surface area contributed by atoms with Crippen molar-refractivity contribution in [3.63, 3.8) is 0 Å². The van der Waals surface area contributed by atoms with E-state index in [1.807, 2.05) is 18.2 Å². The van der Waals surface area contributed by atoms with E-state index in [2.05, 4.69) is 25.6 Å². The van der Waals surface area contributed by atoms with Crippen LogP contribution in [0.25, 0.3) is 0 Å². The number of H-pyrrole nitrogens is 1. The van der Waals surface area contributed by atoms with Gasteiger partial charge in [-0.1, -0.05) is 56.2 Å². The highest BCUT2D eigenvalue weighted by Gasteiger charge is 2.37. The Morgan fingerprint density at radius 1 is 0.873 bits per heavy atom. The molecule has 71 heavy (non-hydrogen) atoms. The van der Waals surface area contributed by atoms with E-state index in [1.54, 1.807) is 19.4 Å². The van der Waals surface area contributed by atoms with E-state index >= 15 is 0 Å². The molecule has 5 amide bonds. The lowest BCUT2D eigenvalue weighted by molar-refractivity contribution is -0.141. The number of hydrogen-bond donors (Lipinski definition) is 5. The number of rotatable bonds is 16. The molecule has 2 saturated carbocycles. The van der Waals surface area contributed by atoms with Crippen LogP contribution < -0.4 is 37.1 Å². The molecule has 3 aliphatic rings. The Morgan fingerprint density at radius 2 is 1.56 bits per heavy atom. The van der Waals surface area contributed by atoms with Crippen molar-refractivity contribution in [3.8, 4) is 17.4 Å². The third-order valence-corrected chi connectivity index (χ3v) is 11.5. The number of amides is 5. The van der Waals surface area contributed by atoms with Crippen molar-refractivity contribution in [1.29, 1.82) is 0 Å². The molecular weight excluding hydrogens is 956 g/mol. The van der Waals surface area contributed by atoms with E-state index in [-0.39, 0.29) is 65.7 Å². The molecule has 3 aromatic heterocycles. The zero-order valence-corrected chi connectivity index (χ0v) is 40.2. The summed E-state index contributed by atoms with van der Waals surface area (Å²) >= 11 is 5.81. The minimum atomic E-state index is -4.99. The molecule has 7 N–H and O–H groups in total. The summed E-state index contributed by atoms with van der Waals surface area (Å²) in [6.45, 7) is 1.49. The maximum Gasteiger partial charge on any atom is 0.434 e. The van der Waals surface area contributed by atoms with Crippen LogP contribution in [0.3, 0.4) is 0 Å². The first kappa shape index (κ1) is 57.0. The molecule has 1 unspecified atom stereocenters. The van der Waals surface area contributed by atoms with Gasteiger partial charge in [0.1, 0.15) is 11.4 Å². The van der Waals surface area contributed by atoms with Gasteiger partial charge in [0.25, 0.3) is 5.91 Å². The fourth-order valence-electron chi connectivity index (χ4n) is 7.49. The third-order valence-electron chi connectivity index (χ3n) is 11.2. The van der Waals surface area contributed by atoms with Gasteiger partial charge < -0.3 is 46.2 Å². The molecule has 7 rings (SSSR count). The molecule has 386 valence electrons. The number of alkyl halides is 3. The SMILES string of the molecule is CN1CC(C(N)=O)CC1=O.NC(=O)CCCOC1CCCCC1.O=C(Nc1cc[nH]c(=O)c1)c1cc(Cl)c(C(F)(F)F)nc1Oc1ccc(F)cc1OCCCNC(=O)C1CCCCC1.c1ccncc1. The number of primary amides is 2. The molecule has 1 aliphatic heterocycles. The fourth-order valence-corrected chi connectivity index (χ4v) is 7.74. The van der Waals surface area contributed by atoms with Crippen LogP contribution in [0.5, 0.6) is 17.4 Å². The van der Waals surface area contributed by atoms with Gasteiger partial charge in [-0.15, -0.1) is 0 Å². The van der Waals surface area contributed by atoms with E-state index in [9.17, 15) is 46.3 Å². The highest BCUT2D eigenvalue weighted by atomic mass is 35.5. The van der Waals surface area contributed by atoms with Crippen LogP contribution in [0, 0.1) is 17.7 Å². The maximum atomic E-state index is 14.1. The topological polar surface area (TPSA) is 251 Å². The van der Waals surface area contributed by atoms with Crippen molar-refractivity contribution < 1.29 is 55.7 Å². The van der Waals surface area contributed by atoms with E-state index < -0.39 is 45.6 Å². The van der Waals surface area contributed by atoms with E-state index in [1.165, 1.54) is 49.3 Å². The predicted molar refractivity (Wildman–Crippen MR) is 256 cm³/mol. The first-order valence-electron chi connectivity index (χ1n) is 23.3. The van der Waals surface area contributed by atoms with Gasteiger partial charge in [0.05, 0.1) is 23.7 Å². The smallest absolute Gasteiger partial charge is 0.434 e. The minimum Gasteiger partial charge on any atom is -0.489 e. The lowest BCUT2D eigenvalue weighted by Crippen LogP contribution is -2.33. The Balaban J connectivity index is 0.000000301. The number of likely N-dealkylation sites (tertiary alicyclic amines) is 1. The Kier molecular flexibility index (Phi) is 23.7. The molecule has 17 nitrogen and oxygen atoms in total. The van der Waals surface area contributed by atoms with Gasteiger partial charge in [-0.3, -0.25) is 33.8 Å². The van der Waals surface area contributed by atoms with Crippen LogP contribution >= 0.6 is 11.6 Å². The van der Waals surface area contributed by atoms with Gasteiger partial charge in [0, 0.05) is 81.9 Å². The summed E-state index contributed by atoms with van der Waals surface area (Å²) < 4.78 is 71.7. The van der Waals surface area contributed by atoms with Crippen LogP contribution in [0.2, 0.25) is 5.02 Å². The molecule has 1 atom stereocenters. The summed E-state index contributed by atoms with van der Waals surface area (Å²) in [5.74, 6) is -3.77. The van der Waals surface area contributed by atoms with E-state index in [0.29, 0.717) is 38.6 Å². The molecule has 3 fully saturated rings. The second kappa shape index (κ2) is 29.5. The summed E-state index contributed by atoms with van der Waals surface area (Å²) in [6.07, 6.45) is 13.3. The van der Waals surface area contributed by atoms with Crippen molar-refractivity contribution in [2.45, 2.75) is 102 Å². The zero-order valence-electron chi connectivity index (χ0n) is 39.4. The van der Waals surface area contributed by atoms with Crippen molar-refractivity contribution in [2.24, 2.45) is 23.3 Å². The lowest BCUT2D eigenvalue weighted by atomic mass is 9.89. The van der Waals surface area contributed by atoms with Crippen molar-refractivity contribution in [1.82, 2.24) is 25.2 Å². The van der Waals surface area contributed by atoms with Gasteiger partial charge in [0.15, 0.2) is 17.2 Å². The van der Waals surface area contributed by atoms with Gasteiger partial charge in [-0.2, -0.15) is 13.2 Å². The summed E-state index contributed by atoms with van der Waals surface area (Å²) in [6, 6.07) is 11.9. The van der Waals surface area contributed by atoms with E-state index in [0.717, 1.165) is 68.9 Å². The number of anilines is 1. The highest BCUT2D eigenvalue weighted by Crippen LogP contribution is 2.39. The Labute approximate surface area is 413 Å². The number of benzene rings is 1. The molecule has 4 aromatic rings. The quantitative estimate of drug-likeness (QED) is 0.0537. The fraction of sp³-hybridized carbons (Fsp3) is 0.469. The van der Waals surface area contributed by atoms with Crippen molar-refractivity contribution >= 4 is 46.8 Å². The number of nitrogens with one attached hydrogen (secondary N) is 3. The minimum absolute atomic E-state index is 0.00352. The first-order chi connectivity index (χ1) is 33.9. The largest absolute Gasteiger partial charge is 0.489 e. The lowest BCUT2D eigenvalue weighted by Gasteiger charge is -2.21. The molecule has 0 radical (unpaired) electrons. The number of halogens is 5. The monoisotopic (exact) mass is 1020 g/mol. The first-order valence-corrected chi connectivity index (χ1v) is 23.7. The number of aromatic nitrogens is 3. The number of pyridine rings is 3. The summed E-state index contributed by atoms with van der Waals surface area (Å²) in [7, 11) is 1.67. The normalized spacial score (nSPS) is 15.9. The van der Waals surface area contributed by atoms with Gasteiger partial charge >= 0.3 is 6.18 Å². The molecule has 1 aromatic carbocycles. The number of aromatic amines is 1. The average Bonchev–Trinajstić information content (AvgIpc) is 3.70. The van der Waals surface area contributed by atoms with Gasteiger partial charge in [-0.25, -0.2) is 9.37 Å². The summed E-state index contributed by atoms with van der Waals surface area (Å²) in [5.41, 5.74) is 7.54. The summed E-state index contributed by atoms with van der Waals surface area (Å²) in [4.78, 5) is 79.7. The number of carbonyl (C=O) groups is 5. The van der Waals surface area contributed by atoms with Gasteiger partial charge in [0.2, 0.25) is 35.1 Å². The average molecular weight is 1020 g/mol. The molecule has 1 saturated heterocycles. The molecular formula is C49H61ClF4N8O9. The number of ether oxygens (including phenoxy) is 3. The number of nitrogens with two attached hydrogens (primary N) is 2. The Morgan fingerprint density at radius 3 is 2.13 bits per heavy atom. The second-order valence-corrected chi connectivity index (χ2v) is 17.3. The molecule has 0 spiro atoms. The standard InChI is InChI=1S/C28H27ClF4N4O5.C10H19NO2.C6H10N2O2.C5H5N/c29-20-15-19(26(40)36-18-9-11-34-23(38)14-18)27(37-24(20)28(31,32)33)42-21-8-7-17(30)13-22(21)41-12-4-10-35-25(39)16-5-2-1-3-6-16;11-10(12)7-4-8-13-9-5-2-1-3-6-9;1-8-3-4(6(7)10)2-5(8)9;1-2-4-6-5-3-1/h7-9,11,13-16H,1-6,10,12H2,(H,35,39)(H2,34,36,38,40);9H,1-8H2,(H2,11,12);4H,2-3H2,1H3,(H2,7,10);1-5H. The molecule has 4 heterocycles. The van der Waals surface area contributed by atoms with Crippen LogP contribution in [-0.2, 0) is 30.1 Å². The molecule has 2 aliphatic carbocycles. The zero-order chi connectivity index (χ0) is 51.8. The predicted octanol–water partition coefficient (Wildman–Crippen LogP) is 7.72. The molecule has 0 bridgehead atoms. The van der Waals surface area contributed by atoms with E-state index in [4.69, 9.17) is 37.3 Å². The Bertz CT molecular complexity index is 2380. The molecule has 22 heteroatoms. The number of carbonyl (C=O) groups excluding carboxylic acids is 5. The third kappa shape index (κ3) is 20.7. The maximum absolute atomic E-state index is 14.1. The number of nitrogens with zero attached hydrogens (tertiary/aromatic N) is 3. The van der Waals surface area contributed by atoms with Crippen LogP contribution in [0.1, 0.15) is 106 Å². The number of hydrogen-bond acceptors (Lipinski definition) is 11. The van der Waals surface area contributed by atoms with Gasteiger partial charge in [-0.05, 0) is 74.9 Å². The summed E-state index contributed by atoms with van der Waals surface area (Å²) in [5, 5.41) is 4.36. The highest BCUT2D eigenvalue weighted by molar-refractivity contribution is 6.31. The van der Waals surface area contributed by atoms with Crippen molar-refractivity contribution in [2.75, 3.05) is 38.7 Å².